The second kappa shape index (κ2) is 7.80. The molecule has 0 aromatic heterocycles. The molecule has 2 aromatic rings. The van der Waals surface area contributed by atoms with E-state index in [2.05, 4.69) is 0 Å². The molecule has 1 heterocycles. The molecule has 0 radical (unpaired) electrons. The van der Waals surface area contributed by atoms with Crippen molar-refractivity contribution in [2.75, 3.05) is 32.1 Å². The molecule has 2 aromatic carbocycles. The predicted octanol–water partition coefficient (Wildman–Crippen LogP) is 2.06. The van der Waals surface area contributed by atoms with Gasteiger partial charge in [-0.1, -0.05) is 48.5 Å². The summed E-state index contributed by atoms with van der Waals surface area (Å²) in [5.41, 5.74) is 2.87. The van der Waals surface area contributed by atoms with Crippen molar-refractivity contribution >= 4 is 21.8 Å². The first kappa shape index (κ1) is 19.5. The third-order valence-electron chi connectivity index (χ3n) is 4.87. The van der Waals surface area contributed by atoms with Gasteiger partial charge in [-0.3, -0.25) is 4.79 Å². The third-order valence-corrected chi connectivity index (χ3v) is 6.81. The Bertz CT molecular complexity index is 913. The molecule has 0 N–H and O–H groups in total. The van der Waals surface area contributed by atoms with Crippen molar-refractivity contribution in [3.05, 3.63) is 65.7 Å². The van der Waals surface area contributed by atoms with Gasteiger partial charge in [0.1, 0.15) is 0 Å². The van der Waals surface area contributed by atoms with Gasteiger partial charge in [0.05, 0.1) is 6.54 Å². The van der Waals surface area contributed by atoms with Gasteiger partial charge in [0, 0.05) is 32.4 Å². The van der Waals surface area contributed by atoms with E-state index in [4.69, 9.17) is 0 Å². The number of hydrogen-bond donors (Lipinski definition) is 0. The highest BCUT2D eigenvalue weighted by molar-refractivity contribution is 7.86. The molecule has 0 spiro atoms. The van der Waals surface area contributed by atoms with Crippen molar-refractivity contribution in [3.63, 3.8) is 0 Å². The number of carbonyl (C=O) groups excluding carboxylic acids is 1. The fraction of sp³-hybridized carbons (Fsp3) is 0.350. The average molecular weight is 388 g/mol. The van der Waals surface area contributed by atoms with Gasteiger partial charge in [-0.05, 0) is 30.5 Å². The van der Waals surface area contributed by atoms with E-state index >= 15 is 0 Å². The van der Waals surface area contributed by atoms with Gasteiger partial charge >= 0.3 is 0 Å². The van der Waals surface area contributed by atoms with Gasteiger partial charge < -0.3 is 4.90 Å². The highest BCUT2D eigenvalue weighted by Gasteiger charge is 2.40. The highest BCUT2D eigenvalue weighted by atomic mass is 32.2. The van der Waals surface area contributed by atoms with Gasteiger partial charge in [-0.25, -0.2) is 0 Å². The number of piperazine rings is 1. The summed E-state index contributed by atoms with van der Waals surface area (Å²) >= 11 is 0. The molecule has 27 heavy (non-hydrogen) atoms. The van der Waals surface area contributed by atoms with Crippen LogP contribution in [0.2, 0.25) is 0 Å². The summed E-state index contributed by atoms with van der Waals surface area (Å²) in [5.74, 6) is -0.209. The van der Waals surface area contributed by atoms with Crippen LogP contribution in [0.1, 0.15) is 11.1 Å². The maximum Gasteiger partial charge on any atom is 0.282 e. The molecule has 0 saturated carbocycles. The number of nitrogens with zero attached hydrogens (tertiary/aromatic N) is 3. The Balaban J connectivity index is 1.97. The number of aryl methyl sites for hydroxylation is 1. The van der Waals surface area contributed by atoms with Crippen LogP contribution in [0, 0.1) is 6.92 Å². The Labute approximate surface area is 161 Å². The molecule has 1 aliphatic rings. The molecule has 0 unspecified atom stereocenters. The lowest BCUT2D eigenvalue weighted by Gasteiger charge is -2.41. The van der Waals surface area contributed by atoms with Crippen LogP contribution in [-0.4, -0.2) is 56.2 Å². The second-order valence-corrected chi connectivity index (χ2v) is 9.06. The lowest BCUT2D eigenvalue weighted by Crippen LogP contribution is -2.60. The fourth-order valence-corrected chi connectivity index (χ4v) is 4.59. The Kier molecular flexibility index (Phi) is 5.64. The van der Waals surface area contributed by atoms with E-state index in [0.717, 1.165) is 16.8 Å². The molecule has 1 fully saturated rings. The van der Waals surface area contributed by atoms with Crippen molar-refractivity contribution < 1.29 is 13.2 Å². The number of amides is 1. The smallest absolute Gasteiger partial charge is 0.282 e. The molecule has 1 saturated heterocycles. The first-order valence-corrected chi connectivity index (χ1v) is 10.3. The average Bonchev–Trinajstić information content (AvgIpc) is 2.64. The summed E-state index contributed by atoms with van der Waals surface area (Å²) in [7, 11) is -0.712. The van der Waals surface area contributed by atoms with E-state index in [-0.39, 0.29) is 18.5 Å². The third kappa shape index (κ3) is 4.05. The van der Waals surface area contributed by atoms with Gasteiger partial charge in [0.25, 0.3) is 10.2 Å². The standard InChI is InChI=1S/C20H25N3O3S/c1-16-9-7-8-12-19(16)22-14-18(13-17-10-5-4-6-11-17)23(15-20(22)24)27(25,26)21(2)3/h4-12,18H,13-15H2,1-3H3/t18-/m1/s1. The Hall–Kier alpha value is -2.22. The maximum atomic E-state index is 12.8. The quantitative estimate of drug-likeness (QED) is 0.789. The summed E-state index contributed by atoms with van der Waals surface area (Å²) in [4.78, 5) is 14.5. The molecule has 0 aliphatic carbocycles. The van der Waals surface area contributed by atoms with Crippen molar-refractivity contribution in [1.82, 2.24) is 8.61 Å². The topological polar surface area (TPSA) is 60.9 Å². The van der Waals surface area contributed by atoms with Gasteiger partial charge in [-0.2, -0.15) is 17.0 Å². The lowest BCUT2D eigenvalue weighted by atomic mass is 10.0. The summed E-state index contributed by atoms with van der Waals surface area (Å²) in [6, 6.07) is 17.1. The number of hydrogen-bond acceptors (Lipinski definition) is 3. The Morgan fingerprint density at radius 1 is 1.04 bits per heavy atom. The Morgan fingerprint density at radius 3 is 2.30 bits per heavy atom. The second-order valence-electron chi connectivity index (χ2n) is 6.97. The summed E-state index contributed by atoms with van der Waals surface area (Å²) in [6.45, 7) is 2.12. The summed E-state index contributed by atoms with van der Waals surface area (Å²) in [6.07, 6.45) is 0.545. The number of anilines is 1. The monoisotopic (exact) mass is 387 g/mol. The first-order valence-electron chi connectivity index (χ1n) is 8.90. The molecule has 7 heteroatoms. The molecule has 6 nitrogen and oxygen atoms in total. The molecule has 1 amide bonds. The van der Waals surface area contributed by atoms with Crippen LogP contribution in [0.3, 0.4) is 0 Å². The van der Waals surface area contributed by atoms with Gasteiger partial charge in [0.2, 0.25) is 5.91 Å². The minimum atomic E-state index is -3.70. The zero-order valence-electron chi connectivity index (χ0n) is 15.9. The number of rotatable bonds is 5. The molecule has 0 bridgehead atoms. The number of para-hydroxylation sites is 1. The van der Waals surface area contributed by atoms with Gasteiger partial charge in [0.15, 0.2) is 0 Å². The van der Waals surface area contributed by atoms with E-state index < -0.39 is 10.2 Å². The summed E-state index contributed by atoms with van der Waals surface area (Å²) < 4.78 is 28.1. The Morgan fingerprint density at radius 2 is 1.67 bits per heavy atom. The van der Waals surface area contributed by atoms with E-state index in [9.17, 15) is 13.2 Å². The molecule has 1 atom stereocenters. The highest BCUT2D eigenvalue weighted by Crippen LogP contribution is 2.27. The van der Waals surface area contributed by atoms with Crippen molar-refractivity contribution in [3.8, 4) is 0 Å². The van der Waals surface area contributed by atoms with Crippen LogP contribution in [-0.2, 0) is 21.4 Å². The van der Waals surface area contributed by atoms with E-state index in [1.807, 2.05) is 61.5 Å². The largest absolute Gasteiger partial charge is 0.309 e. The SMILES string of the molecule is Cc1ccccc1N1C[C@@H](Cc2ccccc2)N(S(=O)(=O)N(C)C)CC1=O. The normalized spacial score (nSPS) is 18.9. The van der Waals surface area contributed by atoms with Crippen LogP contribution in [0.5, 0.6) is 0 Å². The fourth-order valence-electron chi connectivity index (χ4n) is 3.38. The molecule has 144 valence electrons. The van der Waals surface area contributed by atoms with Crippen LogP contribution < -0.4 is 4.90 Å². The van der Waals surface area contributed by atoms with Crippen LogP contribution >= 0.6 is 0 Å². The first-order chi connectivity index (χ1) is 12.8. The minimum absolute atomic E-state index is 0.160. The minimum Gasteiger partial charge on any atom is -0.309 e. The maximum absolute atomic E-state index is 12.8. The molecule has 3 rings (SSSR count). The van der Waals surface area contributed by atoms with Crippen molar-refractivity contribution in [2.24, 2.45) is 0 Å². The van der Waals surface area contributed by atoms with E-state index in [1.165, 1.54) is 22.7 Å². The van der Waals surface area contributed by atoms with Crippen LogP contribution in [0.4, 0.5) is 5.69 Å². The molecule has 1 aliphatic heterocycles. The number of carbonyl (C=O) groups is 1. The van der Waals surface area contributed by atoms with E-state index in [1.54, 1.807) is 4.90 Å². The van der Waals surface area contributed by atoms with Crippen molar-refractivity contribution in [1.29, 1.82) is 0 Å². The zero-order chi connectivity index (χ0) is 19.6. The lowest BCUT2D eigenvalue weighted by molar-refractivity contribution is -0.120. The summed E-state index contributed by atoms with van der Waals surface area (Å²) in [5, 5.41) is 0. The zero-order valence-corrected chi connectivity index (χ0v) is 16.7. The number of benzene rings is 2. The predicted molar refractivity (Wildman–Crippen MR) is 107 cm³/mol. The van der Waals surface area contributed by atoms with Crippen molar-refractivity contribution in [2.45, 2.75) is 19.4 Å². The van der Waals surface area contributed by atoms with Gasteiger partial charge in [-0.15, -0.1) is 0 Å². The van der Waals surface area contributed by atoms with Crippen LogP contribution in [0.15, 0.2) is 54.6 Å². The molecular formula is C20H25N3O3S. The van der Waals surface area contributed by atoms with E-state index in [0.29, 0.717) is 13.0 Å². The molecular weight excluding hydrogens is 362 g/mol. The van der Waals surface area contributed by atoms with Crippen LogP contribution in [0.25, 0.3) is 0 Å².